The molecule has 1 aliphatic heterocycles. The standard InChI is InChI=1S/C19H21N7O3S/c1-24-8-10-25(11-9-24)30(28,29)18-7-3-5-16(13-18)21-19(27)15-4-2-6-17(12-15)26-14-20-22-23-26/h2-7,12-14H,8-11H2,1H3,(H,21,27). The summed E-state index contributed by atoms with van der Waals surface area (Å²) in [6.07, 6.45) is 1.43. The number of likely N-dealkylation sites (N-methyl/N-ethyl adjacent to an activating group) is 1. The molecule has 0 atom stereocenters. The summed E-state index contributed by atoms with van der Waals surface area (Å²) in [7, 11) is -1.65. The molecule has 11 heteroatoms. The highest BCUT2D eigenvalue weighted by molar-refractivity contribution is 7.89. The summed E-state index contributed by atoms with van der Waals surface area (Å²) in [5.41, 5.74) is 1.44. The predicted molar refractivity (Wildman–Crippen MR) is 110 cm³/mol. The van der Waals surface area contributed by atoms with Gasteiger partial charge in [0.1, 0.15) is 6.33 Å². The van der Waals surface area contributed by atoms with Crippen molar-refractivity contribution in [3.05, 3.63) is 60.4 Å². The molecule has 2 aromatic carbocycles. The molecule has 1 aliphatic rings. The molecule has 0 spiro atoms. The van der Waals surface area contributed by atoms with E-state index in [0.717, 1.165) is 0 Å². The van der Waals surface area contributed by atoms with Crippen molar-refractivity contribution >= 4 is 21.6 Å². The lowest BCUT2D eigenvalue weighted by Crippen LogP contribution is -2.47. The zero-order valence-corrected chi connectivity index (χ0v) is 17.2. The number of sulfonamides is 1. The van der Waals surface area contributed by atoms with Crippen LogP contribution in [0.2, 0.25) is 0 Å². The van der Waals surface area contributed by atoms with Crippen LogP contribution >= 0.6 is 0 Å². The number of anilines is 1. The van der Waals surface area contributed by atoms with Gasteiger partial charge in [-0.05, 0) is 53.9 Å². The highest BCUT2D eigenvalue weighted by atomic mass is 32.2. The van der Waals surface area contributed by atoms with Crippen molar-refractivity contribution in [2.45, 2.75) is 4.90 Å². The summed E-state index contributed by atoms with van der Waals surface area (Å²) in [4.78, 5) is 14.9. The van der Waals surface area contributed by atoms with Gasteiger partial charge in [-0.1, -0.05) is 12.1 Å². The Morgan fingerprint density at radius 2 is 1.80 bits per heavy atom. The fourth-order valence-electron chi connectivity index (χ4n) is 3.18. The zero-order chi connectivity index (χ0) is 21.1. The van der Waals surface area contributed by atoms with Gasteiger partial charge in [0.25, 0.3) is 5.91 Å². The molecule has 0 saturated carbocycles. The van der Waals surface area contributed by atoms with Crippen LogP contribution in [0.3, 0.4) is 0 Å². The first-order chi connectivity index (χ1) is 14.4. The molecule has 0 unspecified atom stereocenters. The average molecular weight is 427 g/mol. The molecule has 3 aromatic rings. The Kier molecular flexibility index (Phi) is 5.57. The third kappa shape index (κ3) is 4.22. The molecular weight excluding hydrogens is 406 g/mol. The SMILES string of the molecule is CN1CCN(S(=O)(=O)c2cccc(NC(=O)c3cccc(-n4cnnn4)c3)c2)CC1. The number of amides is 1. The summed E-state index contributed by atoms with van der Waals surface area (Å²) in [6.45, 7) is 2.26. The van der Waals surface area contributed by atoms with Crippen molar-refractivity contribution in [3.8, 4) is 5.69 Å². The van der Waals surface area contributed by atoms with Gasteiger partial charge in [-0.25, -0.2) is 13.1 Å². The van der Waals surface area contributed by atoms with Crippen LogP contribution in [-0.4, -0.2) is 77.0 Å². The van der Waals surface area contributed by atoms with E-state index in [1.54, 1.807) is 42.5 Å². The lowest BCUT2D eigenvalue weighted by Gasteiger charge is -2.31. The average Bonchev–Trinajstić information content (AvgIpc) is 3.29. The molecule has 0 bridgehead atoms. The quantitative estimate of drug-likeness (QED) is 0.642. The minimum absolute atomic E-state index is 0.160. The van der Waals surface area contributed by atoms with Gasteiger partial charge >= 0.3 is 0 Å². The van der Waals surface area contributed by atoms with Gasteiger partial charge in [0.15, 0.2) is 0 Å². The summed E-state index contributed by atoms with van der Waals surface area (Å²) < 4.78 is 28.8. The van der Waals surface area contributed by atoms with Crippen LogP contribution in [0.15, 0.2) is 59.8 Å². The molecule has 0 aliphatic carbocycles. The van der Waals surface area contributed by atoms with E-state index in [1.807, 2.05) is 7.05 Å². The second-order valence-corrected chi connectivity index (χ2v) is 8.93. The minimum atomic E-state index is -3.61. The Labute approximate surface area is 174 Å². The highest BCUT2D eigenvalue weighted by Gasteiger charge is 2.27. The normalized spacial score (nSPS) is 15.8. The number of piperazine rings is 1. The number of carbonyl (C=O) groups excluding carboxylic acids is 1. The van der Waals surface area contributed by atoms with Crippen molar-refractivity contribution < 1.29 is 13.2 Å². The number of nitrogens with zero attached hydrogens (tertiary/aromatic N) is 6. The number of hydrogen-bond acceptors (Lipinski definition) is 7. The van der Waals surface area contributed by atoms with Crippen LogP contribution in [0.1, 0.15) is 10.4 Å². The number of benzene rings is 2. The molecule has 10 nitrogen and oxygen atoms in total. The lowest BCUT2D eigenvalue weighted by atomic mass is 10.2. The number of nitrogens with one attached hydrogen (secondary N) is 1. The van der Waals surface area contributed by atoms with Crippen molar-refractivity contribution in [2.75, 3.05) is 38.5 Å². The van der Waals surface area contributed by atoms with Crippen LogP contribution in [0.25, 0.3) is 5.69 Å². The van der Waals surface area contributed by atoms with E-state index in [1.165, 1.54) is 21.4 Å². The third-order valence-corrected chi connectivity index (χ3v) is 6.81. The number of carbonyl (C=O) groups is 1. The molecule has 0 radical (unpaired) electrons. The molecular formula is C19H21N7O3S. The Balaban J connectivity index is 1.52. The maximum atomic E-state index is 13.0. The molecule has 1 amide bonds. The number of rotatable bonds is 5. The van der Waals surface area contributed by atoms with Crippen LogP contribution < -0.4 is 5.32 Å². The summed E-state index contributed by atoms with van der Waals surface area (Å²) in [6, 6.07) is 13.1. The maximum Gasteiger partial charge on any atom is 0.255 e. The molecule has 156 valence electrons. The lowest BCUT2D eigenvalue weighted by molar-refractivity contribution is 0.102. The van der Waals surface area contributed by atoms with Gasteiger partial charge in [-0.15, -0.1) is 5.10 Å². The summed E-state index contributed by atoms with van der Waals surface area (Å²) in [5.74, 6) is -0.362. The van der Waals surface area contributed by atoms with Crippen molar-refractivity contribution in [3.63, 3.8) is 0 Å². The van der Waals surface area contributed by atoms with E-state index in [9.17, 15) is 13.2 Å². The molecule has 4 rings (SSSR count). The van der Waals surface area contributed by atoms with E-state index in [0.29, 0.717) is 43.1 Å². The maximum absolute atomic E-state index is 13.0. The topological polar surface area (TPSA) is 113 Å². The number of tetrazole rings is 1. The van der Waals surface area contributed by atoms with Gasteiger partial charge in [0.05, 0.1) is 10.6 Å². The fourth-order valence-corrected chi connectivity index (χ4v) is 4.65. The Morgan fingerprint density at radius 1 is 1.03 bits per heavy atom. The van der Waals surface area contributed by atoms with Gasteiger partial charge in [-0.2, -0.15) is 4.31 Å². The second kappa shape index (κ2) is 8.30. The van der Waals surface area contributed by atoms with E-state index < -0.39 is 10.0 Å². The summed E-state index contributed by atoms with van der Waals surface area (Å²) >= 11 is 0. The molecule has 2 heterocycles. The first-order valence-electron chi connectivity index (χ1n) is 9.37. The monoisotopic (exact) mass is 427 g/mol. The van der Waals surface area contributed by atoms with Crippen LogP contribution in [-0.2, 0) is 10.0 Å². The van der Waals surface area contributed by atoms with Gasteiger partial charge < -0.3 is 10.2 Å². The van der Waals surface area contributed by atoms with Crippen molar-refractivity contribution in [1.82, 2.24) is 29.4 Å². The Hall–Kier alpha value is -3.15. The van der Waals surface area contributed by atoms with E-state index in [2.05, 4.69) is 25.7 Å². The van der Waals surface area contributed by atoms with Crippen molar-refractivity contribution in [2.24, 2.45) is 0 Å². The van der Waals surface area contributed by atoms with E-state index >= 15 is 0 Å². The largest absolute Gasteiger partial charge is 0.322 e. The molecule has 1 aromatic heterocycles. The van der Waals surface area contributed by atoms with Crippen molar-refractivity contribution in [1.29, 1.82) is 0 Å². The van der Waals surface area contributed by atoms with Crippen LogP contribution in [0.5, 0.6) is 0 Å². The van der Waals surface area contributed by atoms with Gasteiger partial charge in [0.2, 0.25) is 10.0 Å². The summed E-state index contributed by atoms with van der Waals surface area (Å²) in [5, 5.41) is 13.7. The van der Waals surface area contributed by atoms with Crippen LogP contribution in [0.4, 0.5) is 5.69 Å². The Morgan fingerprint density at radius 3 is 2.53 bits per heavy atom. The molecule has 1 saturated heterocycles. The van der Waals surface area contributed by atoms with E-state index in [-0.39, 0.29) is 10.8 Å². The van der Waals surface area contributed by atoms with Gasteiger partial charge in [0, 0.05) is 37.4 Å². The first-order valence-corrected chi connectivity index (χ1v) is 10.8. The number of aromatic nitrogens is 4. The highest BCUT2D eigenvalue weighted by Crippen LogP contribution is 2.21. The predicted octanol–water partition coefficient (Wildman–Crippen LogP) is 0.851. The second-order valence-electron chi connectivity index (χ2n) is 6.99. The smallest absolute Gasteiger partial charge is 0.255 e. The number of hydrogen-bond donors (Lipinski definition) is 1. The zero-order valence-electron chi connectivity index (χ0n) is 16.3. The molecule has 1 N–H and O–H groups in total. The van der Waals surface area contributed by atoms with E-state index in [4.69, 9.17) is 0 Å². The minimum Gasteiger partial charge on any atom is -0.322 e. The molecule has 30 heavy (non-hydrogen) atoms. The first kappa shape index (κ1) is 20.1. The molecule has 1 fully saturated rings. The van der Waals surface area contributed by atoms with Crippen LogP contribution in [0, 0.1) is 0 Å². The third-order valence-electron chi connectivity index (χ3n) is 4.91. The fraction of sp³-hybridized carbons (Fsp3) is 0.263. The van der Waals surface area contributed by atoms with Gasteiger partial charge in [-0.3, -0.25) is 4.79 Å². The Bertz CT molecular complexity index is 1140.